The molecule has 6 nitrogen and oxygen atoms in total. The van der Waals surface area contributed by atoms with E-state index in [4.69, 9.17) is 4.74 Å². The van der Waals surface area contributed by atoms with E-state index < -0.39 is 0 Å². The van der Waals surface area contributed by atoms with Crippen LogP contribution in [0.2, 0.25) is 0 Å². The second-order valence-electron chi connectivity index (χ2n) is 5.87. The highest BCUT2D eigenvalue weighted by atomic mass is 16.5. The molecule has 0 saturated heterocycles. The van der Waals surface area contributed by atoms with Gasteiger partial charge in [0.05, 0.1) is 14.2 Å². The minimum Gasteiger partial charge on any atom is -0.496 e. The highest BCUT2D eigenvalue weighted by molar-refractivity contribution is 5.79. The number of nitrogens with one attached hydrogen (secondary N) is 2. The lowest BCUT2D eigenvalue weighted by atomic mass is 10.1. The Bertz CT molecular complexity index is 559. The van der Waals surface area contributed by atoms with E-state index in [1.165, 1.54) is 12.7 Å². The Morgan fingerprint density at radius 2 is 1.88 bits per heavy atom. The highest BCUT2D eigenvalue weighted by Crippen LogP contribution is 2.18. The molecule has 0 spiro atoms. The topological polar surface area (TPSA) is 72.0 Å². The average molecular weight is 349 g/mol. The maximum absolute atomic E-state index is 11.0. The van der Waals surface area contributed by atoms with Gasteiger partial charge in [0.2, 0.25) is 0 Å². The summed E-state index contributed by atoms with van der Waals surface area (Å²) in [7, 11) is 4.88. The van der Waals surface area contributed by atoms with Gasteiger partial charge in [-0.2, -0.15) is 0 Å². The van der Waals surface area contributed by atoms with Crippen LogP contribution in [0, 0.1) is 6.92 Å². The van der Waals surface area contributed by atoms with Crippen LogP contribution in [-0.4, -0.2) is 46.3 Å². The van der Waals surface area contributed by atoms with E-state index in [1.54, 1.807) is 14.2 Å². The van der Waals surface area contributed by atoms with Crippen LogP contribution in [0.1, 0.15) is 36.8 Å². The Kier molecular flexibility index (Phi) is 10.1. The van der Waals surface area contributed by atoms with Crippen molar-refractivity contribution in [1.29, 1.82) is 0 Å². The molecule has 0 aliphatic rings. The second-order valence-corrected chi connectivity index (χ2v) is 5.87. The fourth-order valence-electron chi connectivity index (χ4n) is 2.45. The molecule has 6 heteroatoms. The molecule has 0 unspecified atom stereocenters. The lowest BCUT2D eigenvalue weighted by molar-refractivity contribution is -0.140. The number of aryl methyl sites for hydroxylation is 1. The van der Waals surface area contributed by atoms with Gasteiger partial charge in [-0.15, -0.1) is 0 Å². The first-order chi connectivity index (χ1) is 12.1. The summed E-state index contributed by atoms with van der Waals surface area (Å²) >= 11 is 0. The Morgan fingerprint density at radius 3 is 2.56 bits per heavy atom. The van der Waals surface area contributed by atoms with Gasteiger partial charge in [0.25, 0.3) is 0 Å². The molecular formula is C19H31N3O3. The third kappa shape index (κ3) is 8.42. The number of hydrogen-bond donors (Lipinski definition) is 2. The summed E-state index contributed by atoms with van der Waals surface area (Å²) in [5.74, 6) is 1.58. The predicted octanol–water partition coefficient (Wildman–Crippen LogP) is 2.44. The monoisotopic (exact) mass is 349 g/mol. The number of guanidine groups is 1. The van der Waals surface area contributed by atoms with Gasteiger partial charge >= 0.3 is 5.97 Å². The lowest BCUT2D eigenvalue weighted by Gasteiger charge is -2.12. The fourth-order valence-corrected chi connectivity index (χ4v) is 2.45. The lowest BCUT2D eigenvalue weighted by Crippen LogP contribution is -2.38. The Morgan fingerprint density at radius 1 is 1.12 bits per heavy atom. The van der Waals surface area contributed by atoms with E-state index in [0.717, 1.165) is 56.0 Å². The maximum atomic E-state index is 11.0. The van der Waals surface area contributed by atoms with E-state index in [1.807, 2.05) is 6.92 Å². The van der Waals surface area contributed by atoms with Gasteiger partial charge in [-0.3, -0.25) is 9.79 Å². The molecule has 0 aromatic heterocycles. The summed E-state index contributed by atoms with van der Waals surface area (Å²) in [5, 5.41) is 6.60. The second kappa shape index (κ2) is 12.2. The summed E-state index contributed by atoms with van der Waals surface area (Å²) in [6, 6.07) is 6.28. The summed E-state index contributed by atoms with van der Waals surface area (Å²) in [5.41, 5.74) is 2.37. The first kappa shape index (κ1) is 20.8. The van der Waals surface area contributed by atoms with Crippen molar-refractivity contribution in [3.8, 4) is 5.75 Å². The number of benzene rings is 1. The molecule has 0 aliphatic carbocycles. The van der Waals surface area contributed by atoms with Crippen LogP contribution in [-0.2, 0) is 16.0 Å². The van der Waals surface area contributed by atoms with Crippen molar-refractivity contribution in [2.24, 2.45) is 4.99 Å². The van der Waals surface area contributed by atoms with Crippen molar-refractivity contribution in [2.75, 3.05) is 34.4 Å². The van der Waals surface area contributed by atoms with E-state index in [2.05, 4.69) is 38.6 Å². The molecule has 2 N–H and O–H groups in total. The van der Waals surface area contributed by atoms with E-state index in [0.29, 0.717) is 6.42 Å². The number of aliphatic imine (C=N–C) groups is 1. The number of hydrogen-bond acceptors (Lipinski definition) is 4. The molecule has 0 amide bonds. The first-order valence-electron chi connectivity index (χ1n) is 8.75. The van der Waals surface area contributed by atoms with Crippen molar-refractivity contribution >= 4 is 11.9 Å². The van der Waals surface area contributed by atoms with Crippen LogP contribution < -0.4 is 15.4 Å². The Labute approximate surface area is 151 Å². The van der Waals surface area contributed by atoms with Crippen molar-refractivity contribution in [3.05, 3.63) is 29.3 Å². The molecule has 1 rings (SSSR count). The minimum atomic E-state index is -0.141. The minimum absolute atomic E-state index is 0.141. The largest absolute Gasteiger partial charge is 0.496 e. The molecule has 0 heterocycles. The number of methoxy groups -OCH3 is 2. The highest BCUT2D eigenvalue weighted by Gasteiger charge is 2.02. The van der Waals surface area contributed by atoms with Gasteiger partial charge in [0, 0.05) is 26.6 Å². The van der Waals surface area contributed by atoms with Gasteiger partial charge in [0.15, 0.2) is 5.96 Å². The first-order valence-corrected chi connectivity index (χ1v) is 8.75. The smallest absolute Gasteiger partial charge is 0.305 e. The molecule has 0 bridgehead atoms. The summed E-state index contributed by atoms with van der Waals surface area (Å²) < 4.78 is 9.98. The van der Waals surface area contributed by atoms with Crippen molar-refractivity contribution in [2.45, 2.75) is 39.0 Å². The Balaban J connectivity index is 2.21. The molecule has 0 fully saturated rings. The van der Waals surface area contributed by atoms with E-state index >= 15 is 0 Å². The summed E-state index contributed by atoms with van der Waals surface area (Å²) in [6.07, 6.45) is 4.23. The average Bonchev–Trinajstić information content (AvgIpc) is 2.63. The number of nitrogens with zero attached hydrogens (tertiary/aromatic N) is 1. The Hall–Kier alpha value is -2.24. The van der Waals surface area contributed by atoms with E-state index in [-0.39, 0.29) is 5.97 Å². The van der Waals surface area contributed by atoms with Crippen LogP contribution in [0.25, 0.3) is 0 Å². The van der Waals surface area contributed by atoms with Crippen LogP contribution in [0.5, 0.6) is 5.75 Å². The van der Waals surface area contributed by atoms with Crippen LogP contribution in [0.15, 0.2) is 23.2 Å². The molecule has 0 radical (unpaired) electrons. The molecule has 0 aliphatic heterocycles. The van der Waals surface area contributed by atoms with Crippen molar-refractivity contribution in [1.82, 2.24) is 10.6 Å². The molecular weight excluding hydrogens is 318 g/mol. The molecule has 25 heavy (non-hydrogen) atoms. The zero-order chi connectivity index (χ0) is 18.5. The molecule has 0 saturated carbocycles. The maximum Gasteiger partial charge on any atom is 0.305 e. The van der Waals surface area contributed by atoms with Gasteiger partial charge in [-0.1, -0.05) is 18.6 Å². The van der Waals surface area contributed by atoms with Crippen LogP contribution >= 0.6 is 0 Å². The van der Waals surface area contributed by atoms with Gasteiger partial charge < -0.3 is 20.1 Å². The van der Waals surface area contributed by atoms with Crippen molar-refractivity contribution < 1.29 is 14.3 Å². The number of unbranched alkanes of at least 4 members (excludes halogenated alkanes) is 2. The normalized spacial score (nSPS) is 11.1. The number of esters is 1. The number of carbonyl (C=O) groups is 1. The zero-order valence-corrected chi connectivity index (χ0v) is 15.9. The van der Waals surface area contributed by atoms with Crippen LogP contribution in [0.4, 0.5) is 0 Å². The van der Waals surface area contributed by atoms with Crippen LogP contribution in [0.3, 0.4) is 0 Å². The van der Waals surface area contributed by atoms with Crippen molar-refractivity contribution in [3.63, 3.8) is 0 Å². The van der Waals surface area contributed by atoms with Gasteiger partial charge in [-0.05, 0) is 43.4 Å². The summed E-state index contributed by atoms with van der Waals surface area (Å²) in [4.78, 5) is 15.2. The van der Waals surface area contributed by atoms with E-state index in [9.17, 15) is 4.79 Å². The molecule has 1 aromatic rings. The summed E-state index contributed by atoms with van der Waals surface area (Å²) in [6.45, 7) is 3.67. The molecule has 1 aromatic carbocycles. The SMILES string of the molecule is CN=C(NCCCCCC(=O)OC)NCCc1ccc(C)c(OC)c1. The third-order valence-electron chi connectivity index (χ3n) is 3.98. The molecule has 0 atom stereocenters. The van der Waals surface area contributed by atoms with Gasteiger partial charge in [-0.25, -0.2) is 0 Å². The zero-order valence-electron chi connectivity index (χ0n) is 15.9. The number of rotatable bonds is 10. The third-order valence-corrected chi connectivity index (χ3v) is 3.98. The fraction of sp³-hybridized carbons (Fsp3) is 0.579. The number of ether oxygens (including phenoxy) is 2. The standard InChI is InChI=1S/C19H31N3O3/c1-15-9-10-16(14-17(15)24-3)11-13-22-19(20-2)21-12-7-5-6-8-18(23)25-4/h9-10,14H,5-8,11-13H2,1-4H3,(H2,20,21,22). The predicted molar refractivity (Wildman–Crippen MR) is 101 cm³/mol. The molecule has 140 valence electrons. The quantitative estimate of drug-likeness (QED) is 0.294. The van der Waals surface area contributed by atoms with Gasteiger partial charge in [0.1, 0.15) is 5.75 Å². The number of carbonyl (C=O) groups excluding carboxylic acids is 1.